The van der Waals surface area contributed by atoms with Gasteiger partial charge in [0.2, 0.25) is 5.91 Å². The Balaban J connectivity index is 2.16. The molecule has 0 aromatic heterocycles. The van der Waals surface area contributed by atoms with Crippen LogP contribution in [0.2, 0.25) is 0 Å². The lowest BCUT2D eigenvalue weighted by Crippen LogP contribution is -2.37. The summed E-state index contributed by atoms with van der Waals surface area (Å²) in [4.78, 5) is 16.6. The lowest BCUT2D eigenvalue weighted by molar-refractivity contribution is -0.143. The zero-order valence-corrected chi connectivity index (χ0v) is 9.88. The number of nitrogens with one attached hydrogen (secondary N) is 2. The van der Waals surface area contributed by atoms with Crippen LogP contribution in [0.15, 0.2) is 0 Å². The summed E-state index contributed by atoms with van der Waals surface area (Å²) in [6.07, 6.45) is 4.47. The van der Waals surface area contributed by atoms with E-state index in [9.17, 15) is 4.79 Å². The van der Waals surface area contributed by atoms with E-state index in [1.54, 1.807) is 0 Å². The first-order valence-corrected chi connectivity index (χ1v) is 5.76. The monoisotopic (exact) mass is 214 g/mol. The van der Waals surface area contributed by atoms with Crippen LogP contribution in [-0.4, -0.2) is 25.1 Å². The minimum absolute atomic E-state index is 0.0151. The Morgan fingerprint density at radius 2 is 1.87 bits per heavy atom. The van der Waals surface area contributed by atoms with Crippen molar-refractivity contribution in [2.24, 2.45) is 5.92 Å². The summed E-state index contributed by atoms with van der Waals surface area (Å²) in [5, 5.41) is 3.26. The molecule has 15 heavy (non-hydrogen) atoms. The summed E-state index contributed by atoms with van der Waals surface area (Å²) in [7, 11) is 1.99. The number of rotatable bonds is 4. The Morgan fingerprint density at radius 1 is 1.27 bits per heavy atom. The lowest BCUT2D eigenvalue weighted by atomic mass is 9.93. The van der Waals surface area contributed by atoms with Crippen molar-refractivity contribution in [3.8, 4) is 0 Å². The third-order valence-electron chi connectivity index (χ3n) is 2.93. The second kappa shape index (κ2) is 6.08. The molecule has 4 heteroatoms. The molecule has 1 amide bonds. The van der Waals surface area contributed by atoms with Crippen molar-refractivity contribution in [2.45, 2.75) is 51.7 Å². The Hall–Kier alpha value is -0.610. The lowest BCUT2D eigenvalue weighted by Gasteiger charge is -2.27. The molecule has 0 atom stereocenters. The third kappa shape index (κ3) is 4.18. The molecule has 1 aliphatic carbocycles. The maximum Gasteiger partial charge on any atom is 0.246 e. The second-order valence-corrected chi connectivity index (χ2v) is 4.50. The van der Waals surface area contributed by atoms with Gasteiger partial charge < -0.3 is 5.32 Å². The van der Waals surface area contributed by atoms with Crippen molar-refractivity contribution in [2.75, 3.05) is 7.05 Å². The van der Waals surface area contributed by atoms with Crippen LogP contribution in [0.1, 0.15) is 39.5 Å². The van der Waals surface area contributed by atoms with E-state index in [2.05, 4.69) is 10.8 Å². The molecule has 2 N–H and O–H groups in total. The fourth-order valence-electron chi connectivity index (χ4n) is 1.73. The Kier molecular flexibility index (Phi) is 5.05. The van der Waals surface area contributed by atoms with E-state index < -0.39 is 0 Å². The number of hydroxylamine groups is 1. The Bertz CT molecular complexity index is 199. The Labute approximate surface area is 91.7 Å². The van der Waals surface area contributed by atoms with E-state index >= 15 is 0 Å². The Morgan fingerprint density at radius 3 is 2.33 bits per heavy atom. The van der Waals surface area contributed by atoms with Crippen molar-refractivity contribution >= 4 is 5.91 Å². The summed E-state index contributed by atoms with van der Waals surface area (Å²) < 4.78 is 0. The normalized spacial score (nSPS) is 26.7. The molecule has 0 heterocycles. The van der Waals surface area contributed by atoms with Crippen molar-refractivity contribution in [3.63, 3.8) is 0 Å². The van der Waals surface area contributed by atoms with E-state index in [-0.39, 0.29) is 17.9 Å². The van der Waals surface area contributed by atoms with E-state index in [1.165, 1.54) is 0 Å². The molecular formula is C11H22N2O2. The fourth-order valence-corrected chi connectivity index (χ4v) is 1.73. The molecule has 1 saturated carbocycles. The van der Waals surface area contributed by atoms with Gasteiger partial charge >= 0.3 is 0 Å². The quantitative estimate of drug-likeness (QED) is 0.692. The molecule has 0 bridgehead atoms. The molecule has 0 aliphatic heterocycles. The first kappa shape index (κ1) is 12.5. The van der Waals surface area contributed by atoms with Gasteiger partial charge in [0, 0.05) is 12.0 Å². The van der Waals surface area contributed by atoms with Gasteiger partial charge in [0.05, 0.1) is 6.10 Å². The van der Waals surface area contributed by atoms with Gasteiger partial charge in [-0.1, -0.05) is 13.8 Å². The zero-order chi connectivity index (χ0) is 11.3. The minimum atomic E-state index is -0.0364. The highest BCUT2D eigenvalue weighted by Gasteiger charge is 2.21. The molecule has 0 spiro atoms. The fraction of sp³-hybridized carbons (Fsp3) is 0.909. The van der Waals surface area contributed by atoms with Crippen LogP contribution in [0, 0.1) is 5.92 Å². The van der Waals surface area contributed by atoms with Gasteiger partial charge in [-0.05, 0) is 32.7 Å². The highest BCUT2D eigenvalue weighted by atomic mass is 16.7. The molecule has 1 aliphatic rings. The van der Waals surface area contributed by atoms with Gasteiger partial charge in [-0.15, -0.1) is 0 Å². The largest absolute Gasteiger partial charge is 0.317 e. The summed E-state index contributed by atoms with van der Waals surface area (Å²) in [6.45, 7) is 3.72. The molecule has 0 unspecified atom stereocenters. The maximum absolute atomic E-state index is 11.3. The molecule has 4 nitrogen and oxygen atoms in total. The number of hydrogen-bond donors (Lipinski definition) is 2. The van der Waals surface area contributed by atoms with Crippen LogP contribution in [-0.2, 0) is 9.63 Å². The van der Waals surface area contributed by atoms with E-state index in [1.807, 2.05) is 20.9 Å². The standard InChI is InChI=1S/C11H22N2O2/c1-8(2)11(14)13-15-10-6-4-9(12-3)5-7-10/h8-10,12H,4-7H2,1-3H3,(H,13,14). The number of amides is 1. The minimum Gasteiger partial charge on any atom is -0.317 e. The van der Waals surface area contributed by atoms with Gasteiger partial charge in [-0.25, -0.2) is 5.48 Å². The first-order valence-electron chi connectivity index (χ1n) is 5.76. The van der Waals surface area contributed by atoms with Gasteiger partial charge in [0.15, 0.2) is 0 Å². The highest BCUT2D eigenvalue weighted by Crippen LogP contribution is 2.20. The SMILES string of the molecule is CNC1CCC(ONC(=O)C(C)C)CC1. The van der Waals surface area contributed by atoms with Gasteiger partial charge in [-0.2, -0.15) is 0 Å². The van der Waals surface area contributed by atoms with Crippen molar-refractivity contribution in [3.05, 3.63) is 0 Å². The van der Waals surface area contributed by atoms with Crippen LogP contribution in [0.4, 0.5) is 0 Å². The van der Waals surface area contributed by atoms with Crippen LogP contribution in [0.25, 0.3) is 0 Å². The highest BCUT2D eigenvalue weighted by molar-refractivity contribution is 5.76. The van der Waals surface area contributed by atoms with Crippen molar-refractivity contribution in [1.29, 1.82) is 0 Å². The zero-order valence-electron chi connectivity index (χ0n) is 9.88. The maximum atomic E-state index is 11.3. The van der Waals surface area contributed by atoms with Gasteiger partial charge in [0.1, 0.15) is 0 Å². The first-order chi connectivity index (χ1) is 7.13. The number of carbonyl (C=O) groups is 1. The van der Waals surface area contributed by atoms with Gasteiger partial charge in [-0.3, -0.25) is 9.63 Å². The smallest absolute Gasteiger partial charge is 0.246 e. The van der Waals surface area contributed by atoms with Crippen LogP contribution < -0.4 is 10.8 Å². The predicted molar refractivity (Wildman–Crippen MR) is 59.2 cm³/mol. The summed E-state index contributed by atoms with van der Waals surface area (Å²) in [5.74, 6) is -0.0515. The summed E-state index contributed by atoms with van der Waals surface area (Å²) >= 11 is 0. The molecule has 1 rings (SSSR count). The van der Waals surface area contributed by atoms with E-state index in [0.29, 0.717) is 6.04 Å². The number of carbonyl (C=O) groups excluding carboxylic acids is 1. The van der Waals surface area contributed by atoms with Crippen molar-refractivity contribution < 1.29 is 9.63 Å². The second-order valence-electron chi connectivity index (χ2n) is 4.50. The van der Waals surface area contributed by atoms with E-state index in [4.69, 9.17) is 4.84 Å². The molecule has 0 radical (unpaired) electrons. The van der Waals surface area contributed by atoms with E-state index in [0.717, 1.165) is 25.7 Å². The average molecular weight is 214 g/mol. The molecular weight excluding hydrogens is 192 g/mol. The molecule has 1 fully saturated rings. The van der Waals surface area contributed by atoms with Gasteiger partial charge in [0.25, 0.3) is 0 Å². The average Bonchev–Trinajstić information content (AvgIpc) is 2.26. The topological polar surface area (TPSA) is 50.4 Å². The molecule has 0 saturated heterocycles. The van der Waals surface area contributed by atoms with Crippen LogP contribution >= 0.6 is 0 Å². The predicted octanol–water partition coefficient (Wildman–Crippen LogP) is 1.22. The van der Waals surface area contributed by atoms with Crippen LogP contribution in [0.5, 0.6) is 0 Å². The van der Waals surface area contributed by atoms with Crippen LogP contribution in [0.3, 0.4) is 0 Å². The molecule has 0 aromatic rings. The summed E-state index contributed by atoms with van der Waals surface area (Å²) in [6, 6.07) is 0.616. The number of hydrogen-bond acceptors (Lipinski definition) is 3. The summed E-state index contributed by atoms with van der Waals surface area (Å²) in [5.41, 5.74) is 2.53. The molecule has 88 valence electrons. The molecule has 0 aromatic carbocycles. The van der Waals surface area contributed by atoms with Crippen molar-refractivity contribution in [1.82, 2.24) is 10.8 Å². The third-order valence-corrected chi connectivity index (χ3v) is 2.93.